The first-order chi connectivity index (χ1) is 5.68. The first-order valence-electron chi connectivity index (χ1n) is 4.04. The van der Waals surface area contributed by atoms with Crippen molar-refractivity contribution in [3.05, 3.63) is 23.9 Å². The van der Waals surface area contributed by atoms with Gasteiger partial charge in [0.1, 0.15) is 5.82 Å². The van der Waals surface area contributed by atoms with E-state index in [2.05, 4.69) is 10.3 Å². The molecule has 0 aliphatic rings. The molecule has 2 N–H and O–H groups in total. The van der Waals surface area contributed by atoms with Crippen molar-refractivity contribution in [2.24, 2.45) is 0 Å². The van der Waals surface area contributed by atoms with Crippen molar-refractivity contribution in [3.8, 4) is 0 Å². The van der Waals surface area contributed by atoms with Crippen LogP contribution in [-0.2, 0) is 0 Å². The molecule has 1 atom stereocenters. The Morgan fingerprint density at radius 1 is 1.58 bits per heavy atom. The highest BCUT2D eigenvalue weighted by molar-refractivity contribution is 5.34. The van der Waals surface area contributed by atoms with E-state index >= 15 is 0 Å². The van der Waals surface area contributed by atoms with E-state index < -0.39 is 0 Å². The molecule has 0 saturated heterocycles. The molecule has 66 valence electrons. The SMILES string of the molecule is Cc1cccc(NCC(C)O)n1. The van der Waals surface area contributed by atoms with Gasteiger partial charge in [-0.2, -0.15) is 0 Å². The molecule has 0 aliphatic heterocycles. The summed E-state index contributed by atoms with van der Waals surface area (Å²) in [6.07, 6.45) is -0.340. The molecule has 1 rings (SSSR count). The average Bonchev–Trinajstić information content (AvgIpc) is 2.01. The fourth-order valence-corrected chi connectivity index (χ4v) is 0.894. The van der Waals surface area contributed by atoms with Crippen LogP contribution in [0.25, 0.3) is 0 Å². The van der Waals surface area contributed by atoms with E-state index in [1.807, 2.05) is 25.1 Å². The number of pyridine rings is 1. The smallest absolute Gasteiger partial charge is 0.126 e. The molecule has 0 spiro atoms. The van der Waals surface area contributed by atoms with E-state index in [9.17, 15) is 0 Å². The van der Waals surface area contributed by atoms with Gasteiger partial charge in [-0.05, 0) is 26.0 Å². The van der Waals surface area contributed by atoms with Gasteiger partial charge in [0, 0.05) is 12.2 Å². The maximum atomic E-state index is 8.99. The topological polar surface area (TPSA) is 45.1 Å². The lowest BCUT2D eigenvalue weighted by Crippen LogP contribution is -2.16. The van der Waals surface area contributed by atoms with Crippen LogP contribution in [0.3, 0.4) is 0 Å². The Labute approximate surface area is 72.5 Å². The van der Waals surface area contributed by atoms with E-state index in [-0.39, 0.29) is 6.10 Å². The molecular weight excluding hydrogens is 152 g/mol. The van der Waals surface area contributed by atoms with Gasteiger partial charge in [0.2, 0.25) is 0 Å². The van der Waals surface area contributed by atoms with E-state index in [1.54, 1.807) is 6.92 Å². The van der Waals surface area contributed by atoms with Crippen LogP contribution < -0.4 is 5.32 Å². The van der Waals surface area contributed by atoms with Crippen LogP contribution in [0.2, 0.25) is 0 Å². The lowest BCUT2D eigenvalue weighted by atomic mass is 10.3. The number of aliphatic hydroxyl groups is 1. The molecule has 3 heteroatoms. The number of hydrogen-bond donors (Lipinski definition) is 2. The number of nitrogens with one attached hydrogen (secondary N) is 1. The zero-order chi connectivity index (χ0) is 8.97. The first kappa shape index (κ1) is 9.00. The molecule has 0 bridgehead atoms. The number of aliphatic hydroxyl groups excluding tert-OH is 1. The molecule has 0 aliphatic carbocycles. The second kappa shape index (κ2) is 4.07. The number of aromatic nitrogens is 1. The largest absolute Gasteiger partial charge is 0.392 e. The summed E-state index contributed by atoms with van der Waals surface area (Å²) >= 11 is 0. The summed E-state index contributed by atoms with van der Waals surface area (Å²) in [7, 11) is 0. The molecule has 1 aromatic rings. The Morgan fingerprint density at radius 3 is 2.92 bits per heavy atom. The van der Waals surface area contributed by atoms with Gasteiger partial charge in [-0.3, -0.25) is 0 Å². The molecule has 0 radical (unpaired) electrons. The Bertz CT molecular complexity index is 248. The van der Waals surface area contributed by atoms with Crippen LogP contribution in [0.4, 0.5) is 5.82 Å². The highest BCUT2D eigenvalue weighted by Crippen LogP contribution is 2.03. The summed E-state index contributed by atoms with van der Waals surface area (Å²) in [6, 6.07) is 5.76. The van der Waals surface area contributed by atoms with Gasteiger partial charge in [-0.25, -0.2) is 4.98 Å². The van der Waals surface area contributed by atoms with Gasteiger partial charge < -0.3 is 10.4 Å². The Balaban J connectivity index is 2.52. The van der Waals surface area contributed by atoms with Crippen molar-refractivity contribution in [1.29, 1.82) is 0 Å². The van der Waals surface area contributed by atoms with E-state index in [1.165, 1.54) is 0 Å². The van der Waals surface area contributed by atoms with Gasteiger partial charge in [0.25, 0.3) is 0 Å². The number of nitrogens with zero attached hydrogens (tertiary/aromatic N) is 1. The van der Waals surface area contributed by atoms with Crippen molar-refractivity contribution in [2.45, 2.75) is 20.0 Å². The van der Waals surface area contributed by atoms with Crippen molar-refractivity contribution in [2.75, 3.05) is 11.9 Å². The number of rotatable bonds is 3. The summed E-state index contributed by atoms with van der Waals surface area (Å²) < 4.78 is 0. The number of aryl methyl sites for hydroxylation is 1. The van der Waals surface area contributed by atoms with E-state index in [0.29, 0.717) is 6.54 Å². The molecule has 0 fully saturated rings. The third kappa shape index (κ3) is 2.88. The molecule has 1 heterocycles. The standard InChI is InChI=1S/C9H14N2O/c1-7-4-3-5-9(11-7)10-6-8(2)12/h3-5,8,12H,6H2,1-2H3,(H,10,11). The average molecular weight is 166 g/mol. The summed E-state index contributed by atoms with van der Waals surface area (Å²) in [6.45, 7) is 4.22. The summed E-state index contributed by atoms with van der Waals surface area (Å²) in [5, 5.41) is 12.0. The quantitative estimate of drug-likeness (QED) is 0.708. The van der Waals surface area contributed by atoms with E-state index in [0.717, 1.165) is 11.5 Å². The Hall–Kier alpha value is -1.09. The predicted octanol–water partition coefficient (Wildman–Crippen LogP) is 1.18. The fraction of sp³-hybridized carbons (Fsp3) is 0.444. The lowest BCUT2D eigenvalue weighted by molar-refractivity contribution is 0.208. The number of hydrogen-bond acceptors (Lipinski definition) is 3. The highest BCUT2D eigenvalue weighted by Gasteiger charge is 1.96. The molecule has 1 unspecified atom stereocenters. The minimum atomic E-state index is -0.340. The molecule has 1 aromatic heterocycles. The fourth-order valence-electron chi connectivity index (χ4n) is 0.894. The maximum absolute atomic E-state index is 8.99. The summed E-state index contributed by atoms with van der Waals surface area (Å²) in [5.41, 5.74) is 0.977. The van der Waals surface area contributed by atoms with Crippen LogP contribution in [0.5, 0.6) is 0 Å². The maximum Gasteiger partial charge on any atom is 0.126 e. The number of anilines is 1. The highest BCUT2D eigenvalue weighted by atomic mass is 16.3. The van der Waals surface area contributed by atoms with Gasteiger partial charge in [0.15, 0.2) is 0 Å². The minimum absolute atomic E-state index is 0.340. The van der Waals surface area contributed by atoms with Crippen molar-refractivity contribution in [1.82, 2.24) is 4.98 Å². The van der Waals surface area contributed by atoms with E-state index in [4.69, 9.17) is 5.11 Å². The minimum Gasteiger partial charge on any atom is -0.392 e. The molecule has 12 heavy (non-hydrogen) atoms. The van der Waals surface area contributed by atoms with Gasteiger partial charge in [-0.1, -0.05) is 6.07 Å². The monoisotopic (exact) mass is 166 g/mol. The third-order valence-electron chi connectivity index (χ3n) is 1.47. The Morgan fingerprint density at radius 2 is 2.33 bits per heavy atom. The second-order valence-corrected chi connectivity index (χ2v) is 2.89. The zero-order valence-electron chi connectivity index (χ0n) is 7.41. The van der Waals surface area contributed by atoms with Crippen molar-refractivity contribution < 1.29 is 5.11 Å². The Kier molecular flexibility index (Phi) is 3.05. The van der Waals surface area contributed by atoms with Crippen LogP contribution in [0.15, 0.2) is 18.2 Å². The second-order valence-electron chi connectivity index (χ2n) is 2.89. The van der Waals surface area contributed by atoms with Crippen LogP contribution in [-0.4, -0.2) is 22.7 Å². The van der Waals surface area contributed by atoms with Gasteiger partial charge in [-0.15, -0.1) is 0 Å². The van der Waals surface area contributed by atoms with Crippen LogP contribution >= 0.6 is 0 Å². The molecular formula is C9H14N2O. The zero-order valence-corrected chi connectivity index (χ0v) is 7.41. The van der Waals surface area contributed by atoms with Crippen LogP contribution in [0, 0.1) is 6.92 Å². The molecule has 0 aromatic carbocycles. The van der Waals surface area contributed by atoms with Gasteiger partial charge in [0.05, 0.1) is 6.10 Å². The predicted molar refractivity (Wildman–Crippen MR) is 49.1 cm³/mol. The molecule has 0 saturated carbocycles. The third-order valence-corrected chi connectivity index (χ3v) is 1.47. The molecule has 3 nitrogen and oxygen atoms in total. The summed E-state index contributed by atoms with van der Waals surface area (Å²) in [5.74, 6) is 0.816. The lowest BCUT2D eigenvalue weighted by Gasteiger charge is -2.07. The van der Waals surface area contributed by atoms with Crippen molar-refractivity contribution >= 4 is 5.82 Å². The van der Waals surface area contributed by atoms with Crippen LogP contribution in [0.1, 0.15) is 12.6 Å². The summed E-state index contributed by atoms with van der Waals surface area (Å²) in [4.78, 5) is 4.22. The normalized spacial score (nSPS) is 12.6. The first-order valence-corrected chi connectivity index (χ1v) is 4.04. The van der Waals surface area contributed by atoms with Crippen molar-refractivity contribution in [3.63, 3.8) is 0 Å². The molecule has 0 amide bonds. The van der Waals surface area contributed by atoms with Gasteiger partial charge >= 0.3 is 0 Å².